The summed E-state index contributed by atoms with van der Waals surface area (Å²) < 4.78 is 22.2. The molecule has 4 aliphatic rings. The second-order valence-electron chi connectivity index (χ2n) is 8.51. The Morgan fingerprint density at radius 1 is 0.679 bits per heavy atom. The molecule has 2 spiro atoms. The van der Waals surface area contributed by atoms with E-state index < -0.39 is 22.8 Å². The molecule has 0 unspecified atom stereocenters. The van der Waals surface area contributed by atoms with Crippen LogP contribution in [0, 0.1) is 0 Å². The highest BCUT2D eigenvalue weighted by molar-refractivity contribution is 5.51. The molecule has 0 aromatic rings. The van der Waals surface area contributed by atoms with Crippen LogP contribution in [0.15, 0.2) is 0 Å². The molecule has 4 rings (SSSR count). The number of hydrogen-bond donors (Lipinski definition) is 3. The van der Waals surface area contributed by atoms with Crippen molar-refractivity contribution in [3.8, 4) is 0 Å². The number of rotatable bonds is 4. The summed E-state index contributed by atoms with van der Waals surface area (Å²) in [5.74, 6) is -0.864. The van der Waals surface area contributed by atoms with Crippen LogP contribution in [-0.4, -0.2) is 77.4 Å². The molecule has 0 atom stereocenters. The van der Waals surface area contributed by atoms with Gasteiger partial charge in [-0.25, -0.2) is 0 Å². The maximum Gasteiger partial charge on any atom is 0.168 e. The highest BCUT2D eigenvalue weighted by Crippen LogP contribution is 2.42. The van der Waals surface area contributed by atoms with Crippen molar-refractivity contribution in [1.29, 1.82) is 0 Å². The van der Waals surface area contributed by atoms with Gasteiger partial charge in [-0.05, 0) is 32.1 Å². The summed E-state index contributed by atoms with van der Waals surface area (Å²) in [7, 11) is 0. The molecule has 4 fully saturated rings. The fourth-order valence-corrected chi connectivity index (χ4v) is 4.58. The fourth-order valence-electron chi connectivity index (χ4n) is 4.58. The van der Waals surface area contributed by atoms with E-state index in [9.17, 15) is 15.0 Å². The van der Waals surface area contributed by atoms with E-state index in [-0.39, 0.29) is 13.0 Å². The van der Waals surface area contributed by atoms with Gasteiger partial charge in [0.25, 0.3) is 0 Å². The summed E-state index contributed by atoms with van der Waals surface area (Å²) in [5, 5.41) is 28.8. The van der Waals surface area contributed by atoms with Crippen LogP contribution >= 0.6 is 0 Å². The number of hydrogen-bond acceptors (Lipinski definition) is 8. The summed E-state index contributed by atoms with van der Waals surface area (Å²) in [5.41, 5.74) is -1.52. The third kappa shape index (κ3) is 5.30. The Morgan fingerprint density at radius 3 is 1.43 bits per heavy atom. The Bertz CT molecular complexity index is 490. The number of aliphatic hydroxyl groups is 3. The molecule has 28 heavy (non-hydrogen) atoms. The SMILES string of the molecule is O=CCC1(O)CCC2(CC1)OCCO2.OCCC1(O)CCC2(CC1)OCCO2. The average Bonchev–Trinajstić information content (AvgIpc) is 3.33. The Labute approximate surface area is 166 Å². The number of carbonyl (C=O) groups is 1. The minimum atomic E-state index is -0.817. The van der Waals surface area contributed by atoms with Crippen molar-refractivity contribution in [2.24, 2.45) is 0 Å². The third-order valence-electron chi connectivity index (χ3n) is 6.55. The van der Waals surface area contributed by atoms with Crippen LogP contribution < -0.4 is 0 Å². The molecule has 0 bridgehead atoms. The standard InChI is InChI=1S/C10H18O4.C10H16O4/c2*11-6-5-9(12)1-3-10(4-2-9)13-7-8-14-10/h11-12H,1-8H2;6,12H,1-5,7-8H2. The van der Waals surface area contributed by atoms with Crippen LogP contribution in [0.2, 0.25) is 0 Å². The maximum atomic E-state index is 10.4. The average molecular weight is 402 g/mol. The molecule has 8 nitrogen and oxygen atoms in total. The lowest BCUT2D eigenvalue weighted by Gasteiger charge is -2.40. The first-order valence-corrected chi connectivity index (χ1v) is 10.4. The number of carbonyl (C=O) groups excluding carboxylic acids is 1. The van der Waals surface area contributed by atoms with Crippen molar-refractivity contribution < 1.29 is 39.1 Å². The Balaban J connectivity index is 0.000000161. The smallest absolute Gasteiger partial charge is 0.168 e. The summed E-state index contributed by atoms with van der Waals surface area (Å²) in [6.07, 6.45) is 6.83. The van der Waals surface area contributed by atoms with Crippen LogP contribution in [0.5, 0.6) is 0 Å². The second kappa shape index (κ2) is 9.04. The molecule has 2 heterocycles. The van der Waals surface area contributed by atoms with E-state index >= 15 is 0 Å². The van der Waals surface area contributed by atoms with Gasteiger partial charge in [-0.15, -0.1) is 0 Å². The van der Waals surface area contributed by atoms with E-state index in [1.165, 1.54) is 0 Å². The molecule has 0 aromatic heterocycles. The van der Waals surface area contributed by atoms with Crippen molar-refractivity contribution in [1.82, 2.24) is 0 Å². The van der Waals surface area contributed by atoms with Gasteiger partial charge in [-0.1, -0.05) is 0 Å². The monoisotopic (exact) mass is 402 g/mol. The van der Waals surface area contributed by atoms with E-state index in [0.717, 1.165) is 19.1 Å². The second-order valence-corrected chi connectivity index (χ2v) is 8.51. The molecule has 2 aliphatic heterocycles. The highest BCUT2D eigenvalue weighted by Gasteiger charge is 2.46. The van der Waals surface area contributed by atoms with E-state index in [1.54, 1.807) is 0 Å². The molecular formula is C20H34O8. The fraction of sp³-hybridized carbons (Fsp3) is 0.950. The van der Waals surface area contributed by atoms with E-state index in [0.29, 0.717) is 71.4 Å². The van der Waals surface area contributed by atoms with Crippen molar-refractivity contribution in [3.63, 3.8) is 0 Å². The van der Waals surface area contributed by atoms with Crippen molar-refractivity contribution in [2.75, 3.05) is 33.0 Å². The molecule has 2 saturated carbocycles. The normalized spacial score (nSPS) is 32.8. The van der Waals surface area contributed by atoms with Crippen LogP contribution in [0.25, 0.3) is 0 Å². The minimum absolute atomic E-state index is 0.0468. The zero-order valence-electron chi connectivity index (χ0n) is 16.6. The van der Waals surface area contributed by atoms with Crippen LogP contribution in [-0.2, 0) is 23.7 Å². The molecule has 162 valence electrons. The van der Waals surface area contributed by atoms with Crippen molar-refractivity contribution in [3.05, 3.63) is 0 Å². The lowest BCUT2D eigenvalue weighted by molar-refractivity contribution is -0.204. The largest absolute Gasteiger partial charge is 0.396 e. The molecule has 3 N–H and O–H groups in total. The molecule has 8 heteroatoms. The first-order valence-electron chi connectivity index (χ1n) is 10.4. The third-order valence-corrected chi connectivity index (χ3v) is 6.55. The Hall–Kier alpha value is -0.610. The van der Waals surface area contributed by atoms with Gasteiger partial charge in [0.05, 0.1) is 37.6 Å². The van der Waals surface area contributed by atoms with Gasteiger partial charge in [0.15, 0.2) is 11.6 Å². The summed E-state index contributed by atoms with van der Waals surface area (Å²) in [6, 6.07) is 0. The number of aliphatic hydroxyl groups excluding tert-OH is 1. The molecule has 2 saturated heterocycles. The first kappa shape index (κ1) is 22.1. The van der Waals surface area contributed by atoms with E-state index in [1.807, 2.05) is 0 Å². The topological polar surface area (TPSA) is 115 Å². The molecule has 0 aromatic carbocycles. The Morgan fingerprint density at radius 2 is 1.07 bits per heavy atom. The Kier molecular flexibility index (Phi) is 7.13. The molecule has 2 aliphatic carbocycles. The molecule has 0 amide bonds. The molecule has 0 radical (unpaired) electrons. The summed E-state index contributed by atoms with van der Waals surface area (Å²) in [6.45, 7) is 2.67. The van der Waals surface area contributed by atoms with E-state index in [4.69, 9.17) is 24.1 Å². The van der Waals surface area contributed by atoms with Gasteiger partial charge in [0.1, 0.15) is 6.29 Å². The lowest BCUT2D eigenvalue weighted by Crippen LogP contribution is -2.44. The van der Waals surface area contributed by atoms with Gasteiger partial charge in [-0.3, -0.25) is 0 Å². The lowest BCUT2D eigenvalue weighted by atomic mass is 9.79. The van der Waals surface area contributed by atoms with Crippen LogP contribution in [0.1, 0.15) is 64.2 Å². The van der Waals surface area contributed by atoms with Gasteiger partial charge < -0.3 is 39.1 Å². The maximum absolute atomic E-state index is 10.4. The summed E-state index contributed by atoms with van der Waals surface area (Å²) in [4.78, 5) is 10.4. The predicted octanol–water partition coefficient (Wildman–Crippen LogP) is 1.04. The zero-order valence-corrected chi connectivity index (χ0v) is 16.6. The van der Waals surface area contributed by atoms with Gasteiger partial charge >= 0.3 is 0 Å². The van der Waals surface area contributed by atoms with Gasteiger partial charge in [0, 0.05) is 38.7 Å². The van der Waals surface area contributed by atoms with Crippen molar-refractivity contribution >= 4 is 6.29 Å². The van der Waals surface area contributed by atoms with Crippen LogP contribution in [0.3, 0.4) is 0 Å². The quantitative estimate of drug-likeness (QED) is 0.598. The number of aldehydes is 1. The van der Waals surface area contributed by atoms with Gasteiger partial charge in [0.2, 0.25) is 0 Å². The summed E-state index contributed by atoms with van der Waals surface area (Å²) >= 11 is 0. The highest BCUT2D eigenvalue weighted by atomic mass is 16.7. The first-order chi connectivity index (χ1) is 13.4. The van der Waals surface area contributed by atoms with Crippen molar-refractivity contribution in [2.45, 2.75) is 87.0 Å². The predicted molar refractivity (Wildman–Crippen MR) is 98.5 cm³/mol. The van der Waals surface area contributed by atoms with Gasteiger partial charge in [-0.2, -0.15) is 0 Å². The van der Waals surface area contributed by atoms with E-state index in [2.05, 4.69) is 0 Å². The zero-order chi connectivity index (χ0) is 20.1. The van der Waals surface area contributed by atoms with Crippen LogP contribution in [0.4, 0.5) is 0 Å². The molecular weight excluding hydrogens is 368 g/mol. The number of ether oxygens (including phenoxy) is 4. The minimum Gasteiger partial charge on any atom is -0.396 e.